The highest BCUT2D eigenvalue weighted by Gasteiger charge is 1.99. The van der Waals surface area contributed by atoms with Crippen LogP contribution in [-0.4, -0.2) is 9.97 Å². The minimum absolute atomic E-state index is 0.905. The molecule has 0 bridgehead atoms. The minimum Gasteiger partial charge on any atom is -0.255 e. The molecule has 2 aromatic heterocycles. The lowest BCUT2D eigenvalue weighted by atomic mass is 10.1. The molecular weight excluding hydrogens is 268 g/mol. The summed E-state index contributed by atoms with van der Waals surface area (Å²) in [4.78, 5) is 8.73. The van der Waals surface area contributed by atoms with E-state index < -0.39 is 0 Å². The predicted molar refractivity (Wildman–Crippen MR) is 91.3 cm³/mol. The van der Waals surface area contributed by atoms with Crippen LogP contribution in [0.1, 0.15) is 17.5 Å². The number of hydrogen-bond donors (Lipinski definition) is 0. The van der Waals surface area contributed by atoms with Gasteiger partial charge in [0.25, 0.3) is 0 Å². The molecule has 0 fully saturated rings. The molecule has 0 N–H and O–H groups in total. The first-order chi connectivity index (χ1) is 10.9. The molecule has 0 spiro atoms. The van der Waals surface area contributed by atoms with Crippen molar-refractivity contribution in [3.05, 3.63) is 90.3 Å². The Balaban J connectivity index is 1.64. The highest BCUT2D eigenvalue weighted by atomic mass is 14.8. The van der Waals surface area contributed by atoms with Crippen LogP contribution < -0.4 is 0 Å². The zero-order valence-corrected chi connectivity index (χ0v) is 12.4. The van der Waals surface area contributed by atoms with Crippen molar-refractivity contribution in [2.24, 2.45) is 0 Å². The number of aromatic nitrogens is 2. The molecule has 0 radical (unpaired) electrons. The van der Waals surface area contributed by atoms with Gasteiger partial charge in [0.05, 0.1) is 11.4 Å². The van der Waals surface area contributed by atoms with Gasteiger partial charge in [-0.05, 0) is 48.2 Å². The van der Waals surface area contributed by atoms with Crippen LogP contribution >= 0.6 is 0 Å². The second kappa shape index (κ2) is 7.32. The van der Waals surface area contributed by atoms with Gasteiger partial charge in [-0.25, -0.2) is 0 Å². The predicted octanol–water partition coefficient (Wildman–Crippen LogP) is 4.79. The van der Waals surface area contributed by atoms with E-state index in [2.05, 4.69) is 58.5 Å². The van der Waals surface area contributed by atoms with E-state index in [1.54, 1.807) is 6.20 Å². The highest BCUT2D eigenvalue weighted by Crippen LogP contribution is 2.15. The Morgan fingerprint density at radius 2 is 1.59 bits per heavy atom. The second-order valence-electron chi connectivity index (χ2n) is 5.12. The fourth-order valence-electron chi connectivity index (χ4n) is 2.32. The zero-order chi connectivity index (χ0) is 15.0. The van der Waals surface area contributed by atoms with E-state index >= 15 is 0 Å². The van der Waals surface area contributed by atoms with Gasteiger partial charge in [0, 0.05) is 12.4 Å². The van der Waals surface area contributed by atoms with Gasteiger partial charge in [-0.15, -0.1) is 0 Å². The molecule has 0 aliphatic rings. The van der Waals surface area contributed by atoms with Crippen LogP contribution in [0.25, 0.3) is 17.5 Å². The van der Waals surface area contributed by atoms with Gasteiger partial charge in [-0.3, -0.25) is 9.97 Å². The van der Waals surface area contributed by atoms with Gasteiger partial charge in [-0.1, -0.05) is 48.6 Å². The minimum atomic E-state index is 0.905. The summed E-state index contributed by atoms with van der Waals surface area (Å²) in [6, 6.07) is 20.5. The third-order valence-electron chi connectivity index (χ3n) is 3.46. The van der Waals surface area contributed by atoms with E-state index in [9.17, 15) is 0 Å². The SMILES string of the molecule is C(=C/c1ccnc(-c2ccccn2)c1)/CCc1ccccc1. The summed E-state index contributed by atoms with van der Waals surface area (Å²) in [6.07, 6.45) is 10.1. The summed E-state index contributed by atoms with van der Waals surface area (Å²) in [5.74, 6) is 0. The topological polar surface area (TPSA) is 25.8 Å². The van der Waals surface area contributed by atoms with Crippen LogP contribution in [-0.2, 0) is 6.42 Å². The molecular formula is C20H18N2. The molecule has 2 nitrogen and oxygen atoms in total. The number of hydrogen-bond acceptors (Lipinski definition) is 2. The Hall–Kier alpha value is -2.74. The van der Waals surface area contributed by atoms with Crippen LogP contribution in [0.3, 0.4) is 0 Å². The highest BCUT2D eigenvalue weighted by molar-refractivity contribution is 5.60. The van der Waals surface area contributed by atoms with E-state index in [1.165, 1.54) is 5.56 Å². The molecule has 0 aliphatic carbocycles. The first kappa shape index (κ1) is 14.2. The molecule has 22 heavy (non-hydrogen) atoms. The molecule has 0 saturated carbocycles. The summed E-state index contributed by atoms with van der Waals surface area (Å²) in [5.41, 5.74) is 4.34. The summed E-state index contributed by atoms with van der Waals surface area (Å²) < 4.78 is 0. The van der Waals surface area contributed by atoms with Gasteiger partial charge >= 0.3 is 0 Å². The maximum absolute atomic E-state index is 4.39. The quantitative estimate of drug-likeness (QED) is 0.674. The molecule has 0 saturated heterocycles. The fourth-order valence-corrected chi connectivity index (χ4v) is 2.32. The lowest BCUT2D eigenvalue weighted by molar-refractivity contribution is 1.01. The number of pyridine rings is 2. The van der Waals surface area contributed by atoms with E-state index in [0.717, 1.165) is 29.8 Å². The monoisotopic (exact) mass is 286 g/mol. The van der Waals surface area contributed by atoms with Crippen molar-refractivity contribution in [2.75, 3.05) is 0 Å². The fraction of sp³-hybridized carbons (Fsp3) is 0.100. The molecule has 0 atom stereocenters. The van der Waals surface area contributed by atoms with Crippen LogP contribution in [0, 0.1) is 0 Å². The summed E-state index contributed by atoms with van der Waals surface area (Å²) in [7, 11) is 0. The third-order valence-corrected chi connectivity index (χ3v) is 3.46. The van der Waals surface area contributed by atoms with Crippen molar-refractivity contribution in [1.29, 1.82) is 0 Å². The number of allylic oxidation sites excluding steroid dienone is 1. The molecule has 2 heteroatoms. The van der Waals surface area contributed by atoms with Gasteiger partial charge in [0.15, 0.2) is 0 Å². The Labute approximate surface area is 131 Å². The van der Waals surface area contributed by atoms with Crippen molar-refractivity contribution < 1.29 is 0 Å². The van der Waals surface area contributed by atoms with Crippen molar-refractivity contribution in [3.8, 4) is 11.4 Å². The van der Waals surface area contributed by atoms with Crippen LogP contribution in [0.15, 0.2) is 79.1 Å². The van der Waals surface area contributed by atoms with Crippen LogP contribution in [0.2, 0.25) is 0 Å². The van der Waals surface area contributed by atoms with E-state index in [-0.39, 0.29) is 0 Å². The Bertz CT molecular complexity index is 734. The van der Waals surface area contributed by atoms with Gasteiger partial charge in [0.1, 0.15) is 0 Å². The Kier molecular flexibility index (Phi) is 4.73. The molecule has 0 unspecified atom stereocenters. The lowest BCUT2D eigenvalue weighted by Crippen LogP contribution is -1.87. The summed E-state index contributed by atoms with van der Waals surface area (Å²) >= 11 is 0. The molecule has 108 valence electrons. The molecule has 1 aromatic carbocycles. The summed E-state index contributed by atoms with van der Waals surface area (Å²) in [6.45, 7) is 0. The number of rotatable bonds is 5. The van der Waals surface area contributed by atoms with Crippen LogP contribution in [0.5, 0.6) is 0 Å². The maximum Gasteiger partial charge on any atom is 0.0892 e. The molecule has 0 amide bonds. The molecule has 2 heterocycles. The van der Waals surface area contributed by atoms with Crippen molar-refractivity contribution in [1.82, 2.24) is 9.97 Å². The molecule has 3 rings (SSSR count). The van der Waals surface area contributed by atoms with Crippen LogP contribution in [0.4, 0.5) is 0 Å². The van der Waals surface area contributed by atoms with Crippen molar-refractivity contribution in [2.45, 2.75) is 12.8 Å². The molecule has 0 aliphatic heterocycles. The molecule has 3 aromatic rings. The summed E-state index contributed by atoms with van der Waals surface area (Å²) in [5, 5.41) is 0. The van der Waals surface area contributed by atoms with E-state index in [0.29, 0.717) is 0 Å². The normalized spacial score (nSPS) is 10.9. The second-order valence-corrected chi connectivity index (χ2v) is 5.12. The number of nitrogens with zero attached hydrogens (tertiary/aromatic N) is 2. The smallest absolute Gasteiger partial charge is 0.0892 e. The third kappa shape index (κ3) is 3.89. The standard InChI is InChI=1S/C20H18N2/c1-2-8-17(9-3-1)10-4-5-11-18-13-15-22-20(16-18)19-12-6-7-14-21-19/h1-3,5-9,11-16H,4,10H2/b11-5-. The number of aryl methyl sites for hydroxylation is 1. The van der Waals surface area contributed by atoms with Gasteiger partial charge < -0.3 is 0 Å². The zero-order valence-electron chi connectivity index (χ0n) is 12.4. The Morgan fingerprint density at radius 3 is 2.41 bits per heavy atom. The lowest BCUT2D eigenvalue weighted by Gasteiger charge is -2.01. The largest absolute Gasteiger partial charge is 0.255 e. The maximum atomic E-state index is 4.39. The van der Waals surface area contributed by atoms with Gasteiger partial charge in [0.2, 0.25) is 0 Å². The van der Waals surface area contributed by atoms with E-state index in [1.807, 2.05) is 30.5 Å². The Morgan fingerprint density at radius 1 is 0.773 bits per heavy atom. The van der Waals surface area contributed by atoms with Crippen molar-refractivity contribution in [3.63, 3.8) is 0 Å². The average Bonchev–Trinajstić information content (AvgIpc) is 2.61. The van der Waals surface area contributed by atoms with Gasteiger partial charge in [-0.2, -0.15) is 0 Å². The van der Waals surface area contributed by atoms with E-state index in [4.69, 9.17) is 0 Å². The number of benzene rings is 1. The first-order valence-electron chi connectivity index (χ1n) is 7.50. The van der Waals surface area contributed by atoms with Crippen molar-refractivity contribution >= 4 is 6.08 Å². The average molecular weight is 286 g/mol. The first-order valence-corrected chi connectivity index (χ1v) is 7.50.